The van der Waals surface area contributed by atoms with Crippen molar-refractivity contribution >= 4 is 17.8 Å². The zero-order chi connectivity index (χ0) is 15.1. The van der Waals surface area contributed by atoms with E-state index >= 15 is 0 Å². The molecule has 0 saturated carbocycles. The molecule has 0 aliphatic rings. The molecule has 0 radical (unpaired) electrons. The van der Waals surface area contributed by atoms with Crippen LogP contribution in [0.2, 0.25) is 0 Å². The second-order valence-electron chi connectivity index (χ2n) is 4.87. The van der Waals surface area contributed by atoms with Crippen molar-refractivity contribution in [1.29, 1.82) is 0 Å². The lowest BCUT2D eigenvalue weighted by Gasteiger charge is -2.23. The zero-order valence-electron chi connectivity index (χ0n) is 12.2. The number of nitrogens with zero attached hydrogens (tertiary/aromatic N) is 4. The number of aromatic nitrogens is 3. The Balaban J connectivity index is 2.98. The van der Waals surface area contributed by atoms with E-state index < -0.39 is 5.91 Å². The molecule has 0 saturated heterocycles. The SMILES string of the molecule is CCCOc1nc(N)nc(N(CC(N)=O)CC(C)C)n1. The molecule has 0 atom stereocenters. The van der Waals surface area contributed by atoms with E-state index in [2.05, 4.69) is 15.0 Å². The summed E-state index contributed by atoms with van der Waals surface area (Å²) < 4.78 is 5.35. The van der Waals surface area contributed by atoms with Gasteiger partial charge >= 0.3 is 6.01 Å². The van der Waals surface area contributed by atoms with E-state index in [4.69, 9.17) is 16.2 Å². The van der Waals surface area contributed by atoms with Crippen LogP contribution in [-0.4, -0.2) is 40.6 Å². The van der Waals surface area contributed by atoms with Crippen molar-refractivity contribution in [3.8, 4) is 6.01 Å². The predicted octanol–water partition coefficient (Wildman–Crippen LogP) is 0.190. The average molecular weight is 282 g/mol. The van der Waals surface area contributed by atoms with Gasteiger partial charge in [0.2, 0.25) is 17.8 Å². The van der Waals surface area contributed by atoms with Gasteiger partial charge in [0.15, 0.2) is 0 Å². The van der Waals surface area contributed by atoms with Crippen molar-refractivity contribution in [3.05, 3.63) is 0 Å². The van der Waals surface area contributed by atoms with E-state index in [1.807, 2.05) is 20.8 Å². The Morgan fingerprint density at radius 1 is 1.35 bits per heavy atom. The fourth-order valence-electron chi connectivity index (χ4n) is 1.61. The molecule has 1 aromatic heterocycles. The third-order valence-corrected chi connectivity index (χ3v) is 2.27. The standard InChI is InChI=1S/C12H22N6O2/c1-4-5-20-12-16-10(14)15-11(17-12)18(6-8(2)3)7-9(13)19/h8H,4-7H2,1-3H3,(H2,13,19)(H2,14,15,16,17). The number of primary amides is 1. The monoisotopic (exact) mass is 282 g/mol. The van der Waals surface area contributed by atoms with Gasteiger partial charge in [0.05, 0.1) is 13.2 Å². The van der Waals surface area contributed by atoms with E-state index in [-0.39, 0.29) is 18.5 Å². The number of amides is 1. The summed E-state index contributed by atoms with van der Waals surface area (Å²) in [7, 11) is 0. The highest BCUT2D eigenvalue weighted by Crippen LogP contribution is 2.15. The number of hydrogen-bond donors (Lipinski definition) is 2. The van der Waals surface area contributed by atoms with Crippen LogP contribution < -0.4 is 21.1 Å². The smallest absolute Gasteiger partial charge is 0.323 e. The van der Waals surface area contributed by atoms with E-state index in [9.17, 15) is 4.79 Å². The summed E-state index contributed by atoms with van der Waals surface area (Å²) in [4.78, 5) is 24.9. The fraction of sp³-hybridized carbons (Fsp3) is 0.667. The van der Waals surface area contributed by atoms with E-state index in [0.29, 0.717) is 25.0 Å². The molecule has 8 nitrogen and oxygen atoms in total. The summed E-state index contributed by atoms with van der Waals surface area (Å²) in [5.74, 6) is 0.212. The number of rotatable bonds is 8. The Morgan fingerprint density at radius 3 is 2.60 bits per heavy atom. The van der Waals surface area contributed by atoms with E-state index in [1.54, 1.807) is 4.90 Å². The summed E-state index contributed by atoms with van der Waals surface area (Å²) in [5.41, 5.74) is 10.9. The first-order valence-electron chi connectivity index (χ1n) is 6.60. The summed E-state index contributed by atoms with van der Waals surface area (Å²) >= 11 is 0. The first-order chi connectivity index (χ1) is 9.42. The van der Waals surface area contributed by atoms with Crippen LogP contribution in [0.5, 0.6) is 6.01 Å². The average Bonchev–Trinajstić information content (AvgIpc) is 2.33. The van der Waals surface area contributed by atoms with Crippen molar-refractivity contribution in [3.63, 3.8) is 0 Å². The number of carbonyl (C=O) groups is 1. The lowest BCUT2D eigenvalue weighted by molar-refractivity contribution is -0.116. The van der Waals surface area contributed by atoms with Gasteiger partial charge in [-0.2, -0.15) is 15.0 Å². The molecule has 0 bridgehead atoms. The van der Waals surface area contributed by atoms with Crippen LogP contribution in [0.1, 0.15) is 27.2 Å². The van der Waals surface area contributed by atoms with Crippen LogP contribution >= 0.6 is 0 Å². The Kier molecular flexibility index (Phi) is 5.95. The van der Waals surface area contributed by atoms with E-state index in [0.717, 1.165) is 6.42 Å². The number of carbonyl (C=O) groups excluding carboxylic acids is 1. The molecule has 0 aliphatic carbocycles. The van der Waals surface area contributed by atoms with Crippen molar-refractivity contribution < 1.29 is 9.53 Å². The quantitative estimate of drug-likeness (QED) is 0.698. The highest BCUT2D eigenvalue weighted by molar-refractivity contribution is 5.78. The van der Waals surface area contributed by atoms with Crippen molar-refractivity contribution in [2.75, 3.05) is 30.3 Å². The van der Waals surface area contributed by atoms with Gasteiger partial charge in [-0.25, -0.2) is 0 Å². The van der Waals surface area contributed by atoms with Crippen LogP contribution in [0.3, 0.4) is 0 Å². The molecule has 1 heterocycles. The normalized spacial score (nSPS) is 10.6. The Bertz CT molecular complexity index is 452. The van der Waals surface area contributed by atoms with Crippen molar-refractivity contribution in [2.45, 2.75) is 27.2 Å². The first-order valence-corrected chi connectivity index (χ1v) is 6.60. The van der Waals surface area contributed by atoms with Gasteiger partial charge in [-0.3, -0.25) is 4.79 Å². The van der Waals surface area contributed by atoms with Gasteiger partial charge in [-0.15, -0.1) is 0 Å². The molecule has 8 heteroatoms. The van der Waals surface area contributed by atoms with Gasteiger partial charge in [0.1, 0.15) is 0 Å². The van der Waals surface area contributed by atoms with Crippen LogP contribution in [0.25, 0.3) is 0 Å². The molecule has 112 valence electrons. The lowest BCUT2D eigenvalue weighted by Crippen LogP contribution is -2.37. The largest absolute Gasteiger partial charge is 0.463 e. The third kappa shape index (κ3) is 5.25. The summed E-state index contributed by atoms with van der Waals surface area (Å²) in [6.45, 7) is 7.11. The van der Waals surface area contributed by atoms with E-state index in [1.165, 1.54) is 0 Å². The summed E-state index contributed by atoms with van der Waals surface area (Å²) in [6, 6.07) is 0.160. The van der Waals surface area contributed by atoms with Gasteiger partial charge in [-0.1, -0.05) is 20.8 Å². The number of anilines is 2. The topological polar surface area (TPSA) is 120 Å². The third-order valence-electron chi connectivity index (χ3n) is 2.27. The molecular formula is C12H22N6O2. The Morgan fingerprint density at radius 2 is 2.05 bits per heavy atom. The van der Waals surface area contributed by atoms with Crippen LogP contribution in [0.4, 0.5) is 11.9 Å². The molecule has 4 N–H and O–H groups in total. The molecule has 0 fully saturated rings. The van der Waals surface area contributed by atoms with Crippen LogP contribution in [0.15, 0.2) is 0 Å². The first kappa shape index (κ1) is 15.9. The van der Waals surface area contributed by atoms with Crippen molar-refractivity contribution in [2.24, 2.45) is 11.7 Å². The lowest BCUT2D eigenvalue weighted by atomic mass is 10.2. The zero-order valence-corrected chi connectivity index (χ0v) is 12.2. The molecule has 1 amide bonds. The number of hydrogen-bond acceptors (Lipinski definition) is 7. The number of nitrogen functional groups attached to an aromatic ring is 1. The van der Waals surface area contributed by atoms with Crippen molar-refractivity contribution in [1.82, 2.24) is 15.0 Å². The maximum atomic E-state index is 11.2. The molecule has 0 unspecified atom stereocenters. The Hall–Kier alpha value is -2.12. The molecule has 0 aliphatic heterocycles. The fourth-order valence-corrected chi connectivity index (χ4v) is 1.61. The molecule has 0 aromatic carbocycles. The summed E-state index contributed by atoms with van der Waals surface area (Å²) in [5, 5.41) is 0. The minimum Gasteiger partial charge on any atom is -0.463 e. The molecule has 0 spiro atoms. The minimum absolute atomic E-state index is 0.0227. The maximum Gasteiger partial charge on any atom is 0.323 e. The van der Waals surface area contributed by atoms with Gasteiger partial charge in [-0.05, 0) is 12.3 Å². The summed E-state index contributed by atoms with van der Waals surface area (Å²) in [6.07, 6.45) is 0.831. The van der Waals surface area contributed by atoms with Crippen LogP contribution in [-0.2, 0) is 4.79 Å². The molecule has 20 heavy (non-hydrogen) atoms. The molecule has 1 aromatic rings. The van der Waals surface area contributed by atoms with Gasteiger partial charge < -0.3 is 21.1 Å². The number of nitrogens with two attached hydrogens (primary N) is 2. The molecule has 1 rings (SSSR count). The Labute approximate surface area is 118 Å². The number of ether oxygens (including phenoxy) is 1. The maximum absolute atomic E-state index is 11.2. The van der Waals surface area contributed by atoms with Gasteiger partial charge in [0, 0.05) is 6.54 Å². The van der Waals surface area contributed by atoms with Crippen LogP contribution in [0, 0.1) is 5.92 Å². The second kappa shape index (κ2) is 7.46. The minimum atomic E-state index is -0.458. The van der Waals surface area contributed by atoms with Gasteiger partial charge in [0.25, 0.3) is 0 Å². The predicted molar refractivity (Wildman–Crippen MR) is 76.3 cm³/mol. The molecular weight excluding hydrogens is 260 g/mol. The second-order valence-corrected chi connectivity index (χ2v) is 4.87. The highest BCUT2D eigenvalue weighted by Gasteiger charge is 2.16. The highest BCUT2D eigenvalue weighted by atomic mass is 16.5.